The van der Waals surface area contributed by atoms with Gasteiger partial charge in [-0.3, -0.25) is 9.67 Å². The first kappa shape index (κ1) is 18.1. The number of rotatable bonds is 5. The number of nitrogens with zero attached hydrogens (tertiary/aromatic N) is 3. The highest BCUT2D eigenvalue weighted by atomic mass is 15.3. The highest BCUT2D eigenvalue weighted by Gasteiger charge is 2.37. The Morgan fingerprint density at radius 2 is 2.07 bits per heavy atom. The van der Waals surface area contributed by atoms with E-state index in [9.17, 15) is 0 Å². The van der Waals surface area contributed by atoms with Gasteiger partial charge in [0, 0.05) is 37.8 Å². The molecule has 0 aliphatic heterocycles. The summed E-state index contributed by atoms with van der Waals surface area (Å²) >= 11 is 0. The van der Waals surface area contributed by atoms with Crippen LogP contribution in [0, 0.1) is 5.92 Å². The summed E-state index contributed by atoms with van der Waals surface area (Å²) < 4.78 is 2.10. The normalized spacial score (nSPS) is 24.6. The van der Waals surface area contributed by atoms with Gasteiger partial charge >= 0.3 is 0 Å². The van der Waals surface area contributed by atoms with Crippen molar-refractivity contribution in [3.63, 3.8) is 0 Å². The van der Waals surface area contributed by atoms with Crippen LogP contribution in [0.5, 0.6) is 0 Å². The zero-order valence-electron chi connectivity index (χ0n) is 16.7. The van der Waals surface area contributed by atoms with Crippen molar-refractivity contribution in [1.29, 1.82) is 0 Å². The van der Waals surface area contributed by atoms with Crippen molar-refractivity contribution in [3.05, 3.63) is 53.3 Å². The van der Waals surface area contributed by atoms with Crippen LogP contribution in [-0.4, -0.2) is 34.9 Å². The molecular weight excluding hydrogens is 334 g/mol. The van der Waals surface area contributed by atoms with E-state index in [2.05, 4.69) is 70.7 Å². The lowest BCUT2D eigenvalue weighted by Gasteiger charge is -2.24. The van der Waals surface area contributed by atoms with Gasteiger partial charge in [-0.15, -0.1) is 0 Å². The van der Waals surface area contributed by atoms with E-state index < -0.39 is 0 Å². The van der Waals surface area contributed by atoms with E-state index in [1.54, 1.807) is 0 Å². The lowest BCUT2D eigenvalue weighted by molar-refractivity contribution is 0.498. The average molecular weight is 366 g/mol. The van der Waals surface area contributed by atoms with Gasteiger partial charge in [0.2, 0.25) is 0 Å². The first-order chi connectivity index (χ1) is 13.1. The molecule has 1 aromatic heterocycles. The molecule has 0 saturated heterocycles. The standard InChI is InChI=1S/C22H31N5/c1-15(2)27-14-17-9-10-19(13-21(17)26-27)24-22(23-3)25-20-12-18(20)11-16-7-5-4-6-8-16/h4-8,14-15,18-20H,9-13H2,1-3H3,(H2,23,24,25). The number of aryl methyl sites for hydroxylation is 1. The van der Waals surface area contributed by atoms with Crippen molar-refractivity contribution in [2.75, 3.05) is 7.05 Å². The van der Waals surface area contributed by atoms with Crippen molar-refractivity contribution in [2.45, 2.75) is 64.1 Å². The Balaban J connectivity index is 1.29. The van der Waals surface area contributed by atoms with E-state index in [0.29, 0.717) is 24.0 Å². The Bertz CT molecular complexity index is 792. The summed E-state index contributed by atoms with van der Waals surface area (Å²) in [6.07, 6.45) is 7.81. The van der Waals surface area contributed by atoms with E-state index in [4.69, 9.17) is 5.10 Å². The number of aromatic nitrogens is 2. The second-order valence-corrected chi connectivity index (χ2v) is 8.27. The molecule has 0 radical (unpaired) electrons. The minimum absolute atomic E-state index is 0.408. The summed E-state index contributed by atoms with van der Waals surface area (Å²) in [5.74, 6) is 1.65. The number of benzene rings is 1. The van der Waals surface area contributed by atoms with Gasteiger partial charge in [-0.2, -0.15) is 5.10 Å². The highest BCUT2D eigenvalue weighted by molar-refractivity contribution is 5.80. The fraction of sp³-hybridized carbons (Fsp3) is 0.545. The smallest absolute Gasteiger partial charge is 0.191 e. The Morgan fingerprint density at radius 1 is 1.26 bits per heavy atom. The molecular formula is C22H31N5. The SMILES string of the molecule is CN=C(NC1CCc2cn(C(C)C)nc2C1)NC1CC1Cc1ccccc1. The average Bonchev–Trinajstić information content (AvgIpc) is 3.24. The van der Waals surface area contributed by atoms with Crippen molar-refractivity contribution in [2.24, 2.45) is 10.9 Å². The van der Waals surface area contributed by atoms with Gasteiger partial charge in [-0.05, 0) is 56.6 Å². The quantitative estimate of drug-likeness (QED) is 0.632. The molecule has 27 heavy (non-hydrogen) atoms. The van der Waals surface area contributed by atoms with Crippen LogP contribution in [-0.2, 0) is 19.3 Å². The molecule has 2 aliphatic carbocycles. The molecule has 3 unspecified atom stereocenters. The molecule has 1 fully saturated rings. The van der Waals surface area contributed by atoms with Gasteiger partial charge in [0.25, 0.3) is 0 Å². The maximum atomic E-state index is 4.78. The first-order valence-electron chi connectivity index (χ1n) is 10.2. The van der Waals surface area contributed by atoms with Gasteiger partial charge in [0.1, 0.15) is 0 Å². The summed E-state index contributed by atoms with van der Waals surface area (Å²) in [7, 11) is 1.87. The molecule has 2 aromatic rings. The molecule has 144 valence electrons. The van der Waals surface area contributed by atoms with Crippen molar-refractivity contribution in [3.8, 4) is 0 Å². The second kappa shape index (κ2) is 7.75. The largest absolute Gasteiger partial charge is 0.353 e. The summed E-state index contributed by atoms with van der Waals surface area (Å²) in [5.41, 5.74) is 4.08. The van der Waals surface area contributed by atoms with Crippen LogP contribution >= 0.6 is 0 Å². The molecule has 0 amide bonds. The maximum absolute atomic E-state index is 4.78. The lowest BCUT2D eigenvalue weighted by atomic mass is 9.94. The first-order valence-corrected chi connectivity index (χ1v) is 10.2. The molecule has 4 rings (SSSR count). The Hall–Kier alpha value is -2.30. The fourth-order valence-electron chi connectivity index (χ4n) is 4.01. The number of fused-ring (bicyclic) bond motifs is 1. The van der Waals surface area contributed by atoms with E-state index in [1.165, 1.54) is 23.2 Å². The number of nitrogens with one attached hydrogen (secondary N) is 2. The Morgan fingerprint density at radius 3 is 2.81 bits per heavy atom. The van der Waals surface area contributed by atoms with Crippen LogP contribution in [0.4, 0.5) is 0 Å². The molecule has 0 spiro atoms. The van der Waals surface area contributed by atoms with Crippen LogP contribution in [0.15, 0.2) is 41.5 Å². The van der Waals surface area contributed by atoms with Crippen molar-refractivity contribution in [1.82, 2.24) is 20.4 Å². The lowest BCUT2D eigenvalue weighted by Crippen LogP contribution is -2.46. The Labute approximate surface area is 162 Å². The van der Waals surface area contributed by atoms with Gasteiger partial charge in [0.15, 0.2) is 5.96 Å². The summed E-state index contributed by atoms with van der Waals surface area (Å²) in [6, 6.07) is 12.1. The van der Waals surface area contributed by atoms with Gasteiger partial charge in [-0.25, -0.2) is 0 Å². The third-order valence-electron chi connectivity index (χ3n) is 5.78. The van der Waals surface area contributed by atoms with E-state index in [0.717, 1.165) is 31.6 Å². The summed E-state index contributed by atoms with van der Waals surface area (Å²) in [5, 5.41) is 12.0. The third-order valence-corrected chi connectivity index (χ3v) is 5.78. The highest BCUT2D eigenvalue weighted by Crippen LogP contribution is 2.33. The minimum Gasteiger partial charge on any atom is -0.353 e. The van der Waals surface area contributed by atoms with Crippen LogP contribution in [0.2, 0.25) is 0 Å². The van der Waals surface area contributed by atoms with Crippen molar-refractivity contribution < 1.29 is 0 Å². The summed E-state index contributed by atoms with van der Waals surface area (Å²) in [4.78, 5) is 4.46. The molecule has 1 aromatic carbocycles. The van der Waals surface area contributed by atoms with Crippen LogP contribution in [0.3, 0.4) is 0 Å². The van der Waals surface area contributed by atoms with Gasteiger partial charge < -0.3 is 10.6 Å². The minimum atomic E-state index is 0.408. The number of hydrogen-bond acceptors (Lipinski definition) is 2. The topological polar surface area (TPSA) is 54.2 Å². The number of hydrogen-bond donors (Lipinski definition) is 2. The predicted molar refractivity (Wildman–Crippen MR) is 110 cm³/mol. The molecule has 3 atom stereocenters. The molecule has 5 nitrogen and oxygen atoms in total. The molecule has 0 bridgehead atoms. The molecule has 2 aliphatic rings. The Kier molecular flexibility index (Phi) is 5.19. The fourth-order valence-corrected chi connectivity index (χ4v) is 4.01. The van der Waals surface area contributed by atoms with Crippen LogP contribution in [0.1, 0.15) is 49.6 Å². The molecule has 2 N–H and O–H groups in total. The van der Waals surface area contributed by atoms with Crippen LogP contribution < -0.4 is 10.6 Å². The van der Waals surface area contributed by atoms with Crippen LogP contribution in [0.25, 0.3) is 0 Å². The van der Waals surface area contributed by atoms with E-state index in [1.807, 2.05) is 7.05 Å². The molecule has 5 heteroatoms. The van der Waals surface area contributed by atoms with Crippen molar-refractivity contribution >= 4 is 5.96 Å². The number of guanidine groups is 1. The molecule has 1 saturated carbocycles. The number of aliphatic imine (C=N–C) groups is 1. The zero-order valence-corrected chi connectivity index (χ0v) is 16.7. The molecule has 1 heterocycles. The summed E-state index contributed by atoms with van der Waals surface area (Å²) in [6.45, 7) is 4.36. The van der Waals surface area contributed by atoms with E-state index >= 15 is 0 Å². The zero-order chi connectivity index (χ0) is 18.8. The van der Waals surface area contributed by atoms with Gasteiger partial charge in [-0.1, -0.05) is 30.3 Å². The monoisotopic (exact) mass is 365 g/mol. The predicted octanol–water partition coefficient (Wildman–Crippen LogP) is 3.12. The van der Waals surface area contributed by atoms with E-state index in [-0.39, 0.29) is 0 Å². The van der Waals surface area contributed by atoms with Gasteiger partial charge in [0.05, 0.1) is 5.69 Å². The second-order valence-electron chi connectivity index (χ2n) is 8.27. The maximum Gasteiger partial charge on any atom is 0.191 e. The third kappa shape index (κ3) is 4.34.